The molecule has 0 radical (unpaired) electrons. The first-order valence-electron chi connectivity index (χ1n) is 9.51. The fourth-order valence-electron chi connectivity index (χ4n) is 2.98. The van der Waals surface area contributed by atoms with E-state index in [0.29, 0.717) is 18.8 Å². The third-order valence-corrected chi connectivity index (χ3v) is 4.48. The number of benzene rings is 3. The van der Waals surface area contributed by atoms with Crippen LogP contribution in [0.25, 0.3) is 0 Å². The molecule has 0 bridgehead atoms. The van der Waals surface area contributed by atoms with Crippen LogP contribution < -0.4 is 5.32 Å². The van der Waals surface area contributed by atoms with Gasteiger partial charge >= 0.3 is 0 Å². The summed E-state index contributed by atoms with van der Waals surface area (Å²) < 4.78 is 13.0. The van der Waals surface area contributed by atoms with E-state index in [0.717, 1.165) is 11.1 Å². The van der Waals surface area contributed by atoms with Crippen molar-refractivity contribution in [2.45, 2.75) is 25.9 Å². The minimum atomic E-state index is -0.365. The highest BCUT2D eigenvalue weighted by atomic mass is 19.1. The van der Waals surface area contributed by atoms with Crippen molar-refractivity contribution in [2.75, 3.05) is 5.32 Å². The molecule has 0 saturated carbocycles. The van der Waals surface area contributed by atoms with Crippen LogP contribution >= 0.6 is 0 Å². The highest BCUT2D eigenvalue weighted by Crippen LogP contribution is 2.13. The molecule has 3 aromatic carbocycles. The van der Waals surface area contributed by atoms with Gasteiger partial charge in [-0.25, -0.2) is 4.39 Å². The van der Waals surface area contributed by atoms with E-state index in [4.69, 9.17) is 0 Å². The standard InChI is InChI=1S/C24H23FN2O2/c25-21-11-13-22(14-12-21)26-23(28)15-16-24(29)27(17-19-7-3-1-4-8-19)18-20-9-5-2-6-10-20/h1-14H,15-18H2,(H,26,28). The molecule has 3 rings (SSSR count). The van der Waals surface area contributed by atoms with Crippen molar-refractivity contribution in [2.24, 2.45) is 0 Å². The number of hydrogen-bond donors (Lipinski definition) is 1. The van der Waals surface area contributed by atoms with E-state index in [1.165, 1.54) is 24.3 Å². The normalized spacial score (nSPS) is 10.4. The molecule has 0 aliphatic rings. The third-order valence-electron chi connectivity index (χ3n) is 4.48. The molecule has 0 atom stereocenters. The van der Waals surface area contributed by atoms with Gasteiger partial charge in [0.15, 0.2) is 0 Å². The second-order valence-corrected chi connectivity index (χ2v) is 6.78. The summed E-state index contributed by atoms with van der Waals surface area (Å²) in [6.07, 6.45) is 0.170. The van der Waals surface area contributed by atoms with Crippen molar-refractivity contribution in [3.63, 3.8) is 0 Å². The number of halogens is 1. The van der Waals surface area contributed by atoms with Crippen molar-refractivity contribution in [3.8, 4) is 0 Å². The summed E-state index contributed by atoms with van der Waals surface area (Å²) >= 11 is 0. The molecular formula is C24H23FN2O2. The van der Waals surface area contributed by atoms with Crippen LogP contribution in [0, 0.1) is 5.82 Å². The van der Waals surface area contributed by atoms with Crippen LogP contribution in [0.5, 0.6) is 0 Å². The predicted octanol–water partition coefficient (Wildman–Crippen LogP) is 4.77. The fourth-order valence-corrected chi connectivity index (χ4v) is 2.98. The van der Waals surface area contributed by atoms with E-state index in [2.05, 4.69) is 5.32 Å². The first kappa shape index (κ1) is 20.3. The number of nitrogens with one attached hydrogen (secondary N) is 1. The number of hydrogen-bond acceptors (Lipinski definition) is 2. The molecule has 29 heavy (non-hydrogen) atoms. The Kier molecular flexibility index (Phi) is 7.11. The molecule has 0 unspecified atom stereocenters. The minimum Gasteiger partial charge on any atom is -0.334 e. The molecular weight excluding hydrogens is 367 g/mol. The van der Waals surface area contributed by atoms with Gasteiger partial charge in [-0.3, -0.25) is 9.59 Å². The smallest absolute Gasteiger partial charge is 0.224 e. The maximum atomic E-state index is 13.0. The molecule has 0 saturated heterocycles. The average molecular weight is 390 g/mol. The topological polar surface area (TPSA) is 49.4 Å². The van der Waals surface area contributed by atoms with Gasteiger partial charge in [0.25, 0.3) is 0 Å². The quantitative estimate of drug-likeness (QED) is 0.602. The largest absolute Gasteiger partial charge is 0.334 e. The van der Waals surface area contributed by atoms with Crippen molar-refractivity contribution in [1.29, 1.82) is 0 Å². The van der Waals surface area contributed by atoms with Crippen LogP contribution in [0.3, 0.4) is 0 Å². The van der Waals surface area contributed by atoms with Crippen LogP contribution in [0.1, 0.15) is 24.0 Å². The highest BCUT2D eigenvalue weighted by Gasteiger charge is 2.16. The maximum absolute atomic E-state index is 13.0. The second kappa shape index (κ2) is 10.2. The Hall–Kier alpha value is -3.47. The number of rotatable bonds is 8. The lowest BCUT2D eigenvalue weighted by molar-refractivity contribution is -0.134. The summed E-state index contributed by atoms with van der Waals surface area (Å²) in [4.78, 5) is 26.8. The third kappa shape index (κ3) is 6.57. The molecule has 5 heteroatoms. The lowest BCUT2D eigenvalue weighted by Gasteiger charge is -2.23. The van der Waals surface area contributed by atoms with Gasteiger partial charge in [-0.05, 0) is 35.4 Å². The molecule has 0 aliphatic carbocycles. The molecule has 0 aliphatic heterocycles. The monoisotopic (exact) mass is 390 g/mol. The van der Waals surface area contributed by atoms with E-state index < -0.39 is 0 Å². The Morgan fingerprint density at radius 1 is 0.724 bits per heavy atom. The molecule has 0 heterocycles. The lowest BCUT2D eigenvalue weighted by Crippen LogP contribution is -2.30. The highest BCUT2D eigenvalue weighted by molar-refractivity contribution is 5.93. The van der Waals surface area contributed by atoms with Gasteiger partial charge in [0.1, 0.15) is 5.82 Å². The number of carbonyl (C=O) groups is 2. The number of amides is 2. The van der Waals surface area contributed by atoms with Crippen LogP contribution in [0.4, 0.5) is 10.1 Å². The summed E-state index contributed by atoms with van der Waals surface area (Å²) in [6.45, 7) is 0.961. The average Bonchev–Trinajstić information content (AvgIpc) is 2.75. The van der Waals surface area contributed by atoms with E-state index in [1.54, 1.807) is 4.90 Å². The van der Waals surface area contributed by atoms with Gasteiger partial charge in [0.05, 0.1) is 0 Å². The minimum absolute atomic E-state index is 0.0658. The van der Waals surface area contributed by atoms with Gasteiger partial charge in [-0.1, -0.05) is 60.7 Å². The molecule has 0 fully saturated rings. The number of carbonyl (C=O) groups excluding carboxylic acids is 2. The molecule has 2 amide bonds. The van der Waals surface area contributed by atoms with E-state index in [-0.39, 0.29) is 30.5 Å². The summed E-state index contributed by atoms with van der Waals surface area (Å²) in [5, 5.41) is 2.69. The van der Waals surface area contributed by atoms with Crippen molar-refractivity contribution in [3.05, 3.63) is 102 Å². The van der Waals surface area contributed by atoms with Crippen LogP contribution in [0.2, 0.25) is 0 Å². The zero-order chi connectivity index (χ0) is 20.5. The molecule has 148 valence electrons. The lowest BCUT2D eigenvalue weighted by atomic mass is 10.1. The van der Waals surface area contributed by atoms with E-state index in [1.807, 2.05) is 60.7 Å². The molecule has 0 aromatic heterocycles. The summed E-state index contributed by atoms with van der Waals surface area (Å²) in [5.41, 5.74) is 2.58. The zero-order valence-corrected chi connectivity index (χ0v) is 16.1. The molecule has 4 nitrogen and oxygen atoms in total. The van der Waals surface area contributed by atoms with Gasteiger partial charge < -0.3 is 10.2 Å². The Morgan fingerprint density at radius 2 is 1.24 bits per heavy atom. The molecule has 1 N–H and O–H groups in total. The molecule has 0 spiro atoms. The first-order valence-corrected chi connectivity index (χ1v) is 9.51. The fraction of sp³-hybridized carbons (Fsp3) is 0.167. The van der Waals surface area contributed by atoms with Crippen LogP contribution in [0.15, 0.2) is 84.9 Å². The van der Waals surface area contributed by atoms with Crippen LogP contribution in [-0.4, -0.2) is 16.7 Å². The van der Waals surface area contributed by atoms with E-state index in [9.17, 15) is 14.0 Å². The molecule has 3 aromatic rings. The maximum Gasteiger partial charge on any atom is 0.224 e. The number of anilines is 1. The van der Waals surface area contributed by atoms with Gasteiger partial charge in [0, 0.05) is 31.6 Å². The Morgan fingerprint density at radius 3 is 1.76 bits per heavy atom. The summed E-state index contributed by atoms with van der Waals surface area (Å²) in [7, 11) is 0. The summed E-state index contributed by atoms with van der Waals surface area (Å²) in [5.74, 6) is -0.730. The predicted molar refractivity (Wildman–Crippen MR) is 111 cm³/mol. The first-order chi connectivity index (χ1) is 14.1. The van der Waals surface area contributed by atoms with Gasteiger partial charge in [-0.2, -0.15) is 0 Å². The van der Waals surface area contributed by atoms with Crippen molar-refractivity contribution >= 4 is 17.5 Å². The zero-order valence-electron chi connectivity index (χ0n) is 16.1. The Balaban J connectivity index is 1.60. The SMILES string of the molecule is O=C(CCC(=O)N(Cc1ccccc1)Cc1ccccc1)Nc1ccc(F)cc1. The van der Waals surface area contributed by atoms with Crippen molar-refractivity contribution < 1.29 is 14.0 Å². The van der Waals surface area contributed by atoms with Gasteiger partial charge in [-0.15, -0.1) is 0 Å². The summed E-state index contributed by atoms with van der Waals surface area (Å²) in [6, 6.07) is 25.1. The van der Waals surface area contributed by atoms with Gasteiger partial charge in [0.2, 0.25) is 11.8 Å². The Bertz CT molecular complexity index is 887. The number of nitrogens with zero attached hydrogens (tertiary/aromatic N) is 1. The van der Waals surface area contributed by atoms with Crippen molar-refractivity contribution in [1.82, 2.24) is 4.90 Å². The Labute approximate surface area is 170 Å². The van der Waals surface area contributed by atoms with Crippen LogP contribution in [-0.2, 0) is 22.7 Å². The van der Waals surface area contributed by atoms with E-state index >= 15 is 0 Å². The second-order valence-electron chi connectivity index (χ2n) is 6.78.